The molecule has 10 heavy (non-hydrogen) atoms. The van der Waals surface area contributed by atoms with Crippen LogP contribution in [-0.2, 0) is 4.74 Å². The van der Waals surface area contributed by atoms with Crippen LogP contribution in [0.1, 0.15) is 0 Å². The van der Waals surface area contributed by atoms with Crippen molar-refractivity contribution in [2.75, 3.05) is 20.5 Å². The molecule has 0 amide bonds. The Kier molecular flexibility index (Phi) is 5.56. The predicted molar refractivity (Wildman–Crippen MR) is 38.0 cm³/mol. The zero-order valence-corrected chi connectivity index (χ0v) is 5.75. The van der Waals surface area contributed by atoms with Crippen LogP contribution in [0.4, 0.5) is 4.39 Å². The fourth-order valence-electron chi connectivity index (χ4n) is 0.400. The van der Waals surface area contributed by atoms with Crippen LogP contribution in [0.15, 0.2) is 10.1 Å². The summed E-state index contributed by atoms with van der Waals surface area (Å²) in [5, 5.41) is 3.29. The highest BCUT2D eigenvalue weighted by Gasteiger charge is 1.92. The van der Waals surface area contributed by atoms with Gasteiger partial charge in [0.25, 0.3) is 0 Å². The standard InChI is InChI=1S/C5H10FN3O/c1-8-2-5(9-7)3-10-4-6/h2H,3-4,7H2,1H3. The van der Waals surface area contributed by atoms with Crippen molar-refractivity contribution in [2.45, 2.75) is 0 Å². The molecule has 0 spiro atoms. The number of hydrogen-bond acceptors (Lipinski definition) is 4. The summed E-state index contributed by atoms with van der Waals surface area (Å²) in [6.07, 6.45) is 1.41. The highest BCUT2D eigenvalue weighted by molar-refractivity contribution is 6.31. The fourth-order valence-corrected chi connectivity index (χ4v) is 0.400. The van der Waals surface area contributed by atoms with E-state index in [0.29, 0.717) is 5.71 Å². The van der Waals surface area contributed by atoms with Crippen molar-refractivity contribution in [1.82, 2.24) is 0 Å². The molecule has 0 aliphatic rings. The maximum absolute atomic E-state index is 11.4. The third-order valence-electron chi connectivity index (χ3n) is 0.771. The van der Waals surface area contributed by atoms with E-state index in [-0.39, 0.29) is 6.61 Å². The van der Waals surface area contributed by atoms with Gasteiger partial charge in [0.1, 0.15) is 5.71 Å². The Labute approximate surface area is 58.6 Å². The van der Waals surface area contributed by atoms with Gasteiger partial charge in [-0.05, 0) is 0 Å². The van der Waals surface area contributed by atoms with Crippen molar-refractivity contribution in [3.63, 3.8) is 0 Å². The molecule has 0 aromatic heterocycles. The van der Waals surface area contributed by atoms with Crippen LogP contribution >= 0.6 is 0 Å². The van der Waals surface area contributed by atoms with Gasteiger partial charge in [-0.1, -0.05) is 0 Å². The van der Waals surface area contributed by atoms with E-state index in [0.717, 1.165) is 0 Å². The van der Waals surface area contributed by atoms with E-state index >= 15 is 0 Å². The highest BCUT2D eigenvalue weighted by Crippen LogP contribution is 1.77. The van der Waals surface area contributed by atoms with E-state index in [2.05, 4.69) is 14.8 Å². The molecule has 58 valence electrons. The summed E-state index contributed by atoms with van der Waals surface area (Å²) in [5.41, 5.74) is 0.417. The van der Waals surface area contributed by atoms with Crippen molar-refractivity contribution in [1.29, 1.82) is 0 Å². The number of rotatable bonds is 4. The van der Waals surface area contributed by atoms with Gasteiger partial charge in [0.15, 0.2) is 6.86 Å². The molecular weight excluding hydrogens is 137 g/mol. The molecule has 0 rings (SSSR count). The van der Waals surface area contributed by atoms with Crippen LogP contribution in [-0.4, -0.2) is 32.4 Å². The third kappa shape index (κ3) is 3.96. The lowest BCUT2D eigenvalue weighted by Gasteiger charge is -1.95. The number of hydrazone groups is 1. The summed E-state index contributed by atoms with van der Waals surface area (Å²) in [7, 11) is 1.57. The van der Waals surface area contributed by atoms with Gasteiger partial charge in [-0.25, -0.2) is 4.39 Å². The smallest absolute Gasteiger partial charge is 0.188 e. The first kappa shape index (κ1) is 9.03. The predicted octanol–water partition coefficient (Wildman–Crippen LogP) is -0.0547. The van der Waals surface area contributed by atoms with Gasteiger partial charge < -0.3 is 10.6 Å². The Hall–Kier alpha value is -0.970. The number of nitrogens with two attached hydrogens (primary N) is 1. The van der Waals surface area contributed by atoms with Gasteiger partial charge in [0, 0.05) is 13.3 Å². The molecule has 0 aromatic rings. The number of hydrogen-bond donors (Lipinski definition) is 1. The van der Waals surface area contributed by atoms with Gasteiger partial charge in [-0.3, -0.25) is 4.99 Å². The molecule has 4 nitrogen and oxygen atoms in total. The Balaban J connectivity index is 3.62. The van der Waals surface area contributed by atoms with E-state index in [1.807, 2.05) is 0 Å². The van der Waals surface area contributed by atoms with Gasteiger partial charge in [-0.2, -0.15) is 5.10 Å². The maximum atomic E-state index is 11.4. The topological polar surface area (TPSA) is 60.0 Å². The minimum atomic E-state index is -0.837. The molecule has 5 heteroatoms. The second kappa shape index (κ2) is 6.15. The van der Waals surface area contributed by atoms with E-state index in [9.17, 15) is 4.39 Å². The van der Waals surface area contributed by atoms with Crippen molar-refractivity contribution >= 4 is 11.9 Å². The number of halogens is 1. The summed E-state index contributed by atoms with van der Waals surface area (Å²) in [4.78, 5) is 3.62. The molecule has 0 radical (unpaired) electrons. The molecule has 2 N–H and O–H groups in total. The second-order valence-electron chi connectivity index (χ2n) is 1.47. The molecular formula is C5H10FN3O. The van der Waals surface area contributed by atoms with E-state index < -0.39 is 6.86 Å². The van der Waals surface area contributed by atoms with Crippen molar-refractivity contribution in [3.05, 3.63) is 0 Å². The lowest BCUT2D eigenvalue weighted by atomic mass is 10.4. The third-order valence-corrected chi connectivity index (χ3v) is 0.771. The number of aliphatic imine (C=N–C) groups is 1. The number of alkyl halides is 1. The molecule has 0 aliphatic heterocycles. The zero-order valence-electron chi connectivity index (χ0n) is 5.75. The van der Waals surface area contributed by atoms with Gasteiger partial charge in [0.05, 0.1) is 6.61 Å². The summed E-state index contributed by atoms with van der Waals surface area (Å²) >= 11 is 0. The van der Waals surface area contributed by atoms with Gasteiger partial charge in [0.2, 0.25) is 0 Å². The lowest BCUT2D eigenvalue weighted by molar-refractivity contribution is 0.0852. The second-order valence-corrected chi connectivity index (χ2v) is 1.47. The van der Waals surface area contributed by atoms with Crippen molar-refractivity contribution in [2.24, 2.45) is 15.9 Å². The zero-order chi connectivity index (χ0) is 7.82. The van der Waals surface area contributed by atoms with E-state index in [4.69, 9.17) is 5.84 Å². The molecule has 0 saturated carbocycles. The summed E-state index contributed by atoms with van der Waals surface area (Å²) in [5.74, 6) is 4.89. The normalized spacial score (nSPS) is 12.8. The van der Waals surface area contributed by atoms with Crippen molar-refractivity contribution in [3.8, 4) is 0 Å². The molecule has 0 bridgehead atoms. The summed E-state index contributed by atoms with van der Waals surface area (Å²) in [6, 6.07) is 0. The first-order chi connectivity index (χ1) is 4.85. The average Bonchev–Trinajstić information content (AvgIpc) is 1.98. The Morgan fingerprint density at radius 2 is 2.50 bits per heavy atom. The fraction of sp³-hybridized carbons (Fsp3) is 0.600. The van der Waals surface area contributed by atoms with E-state index in [1.54, 1.807) is 7.05 Å². The van der Waals surface area contributed by atoms with Crippen LogP contribution in [0, 0.1) is 0 Å². The van der Waals surface area contributed by atoms with Crippen LogP contribution in [0.2, 0.25) is 0 Å². The monoisotopic (exact) mass is 147 g/mol. The largest absolute Gasteiger partial charge is 0.344 e. The highest BCUT2D eigenvalue weighted by atomic mass is 19.1. The molecule has 0 fully saturated rings. The van der Waals surface area contributed by atoms with Gasteiger partial charge >= 0.3 is 0 Å². The molecule has 0 unspecified atom stereocenters. The lowest BCUT2D eigenvalue weighted by Crippen LogP contribution is -2.12. The Morgan fingerprint density at radius 1 is 1.80 bits per heavy atom. The van der Waals surface area contributed by atoms with Crippen LogP contribution < -0.4 is 5.84 Å². The minimum Gasteiger partial charge on any atom is -0.344 e. The van der Waals surface area contributed by atoms with Gasteiger partial charge in [-0.15, -0.1) is 0 Å². The number of nitrogens with zero attached hydrogens (tertiary/aromatic N) is 2. The van der Waals surface area contributed by atoms with Crippen LogP contribution in [0.25, 0.3) is 0 Å². The van der Waals surface area contributed by atoms with Crippen LogP contribution in [0.5, 0.6) is 0 Å². The Bertz CT molecular complexity index is 135. The van der Waals surface area contributed by atoms with Crippen LogP contribution in [0.3, 0.4) is 0 Å². The van der Waals surface area contributed by atoms with E-state index in [1.165, 1.54) is 6.21 Å². The average molecular weight is 147 g/mol. The Morgan fingerprint density at radius 3 is 2.90 bits per heavy atom. The van der Waals surface area contributed by atoms with Crippen molar-refractivity contribution < 1.29 is 9.13 Å². The first-order valence-corrected chi connectivity index (χ1v) is 2.67. The molecule has 0 saturated heterocycles. The maximum Gasteiger partial charge on any atom is 0.188 e. The first-order valence-electron chi connectivity index (χ1n) is 2.67. The number of ether oxygens (including phenoxy) is 1. The minimum absolute atomic E-state index is 0.0599. The molecule has 0 heterocycles. The SMILES string of the molecule is CN=CC(COCF)=NN. The molecule has 0 atom stereocenters. The summed E-state index contributed by atoms with van der Waals surface area (Å²) < 4.78 is 15.7. The molecule has 0 aromatic carbocycles. The molecule has 0 aliphatic carbocycles. The summed E-state index contributed by atoms with van der Waals surface area (Å²) in [6.45, 7) is -0.777. The quantitative estimate of drug-likeness (QED) is 0.344.